The van der Waals surface area contributed by atoms with Gasteiger partial charge in [-0.3, -0.25) is 4.79 Å². The van der Waals surface area contributed by atoms with Crippen molar-refractivity contribution in [3.05, 3.63) is 32.4 Å². The lowest BCUT2D eigenvalue weighted by Gasteiger charge is -2.26. The SMILES string of the molecule is CCC(CC)N(C)C(=O)c1ccc(I)c(Cl)c1. The van der Waals surface area contributed by atoms with Crippen LogP contribution in [0, 0.1) is 3.57 Å². The van der Waals surface area contributed by atoms with E-state index < -0.39 is 0 Å². The highest BCUT2D eigenvalue weighted by molar-refractivity contribution is 14.1. The molecule has 0 heterocycles. The van der Waals surface area contributed by atoms with Crippen molar-refractivity contribution in [2.24, 2.45) is 0 Å². The second kappa shape index (κ2) is 6.59. The van der Waals surface area contributed by atoms with Gasteiger partial charge in [-0.05, 0) is 53.6 Å². The topological polar surface area (TPSA) is 20.3 Å². The van der Waals surface area contributed by atoms with Gasteiger partial charge in [0.15, 0.2) is 0 Å². The number of hydrogen-bond donors (Lipinski definition) is 0. The van der Waals surface area contributed by atoms with Crippen molar-refractivity contribution in [1.82, 2.24) is 4.90 Å². The predicted molar refractivity (Wildman–Crippen MR) is 80.6 cm³/mol. The molecule has 1 amide bonds. The van der Waals surface area contributed by atoms with Crippen LogP contribution in [0.5, 0.6) is 0 Å². The molecule has 0 radical (unpaired) electrons. The quantitative estimate of drug-likeness (QED) is 0.732. The molecular weight excluding hydrogens is 349 g/mol. The van der Waals surface area contributed by atoms with E-state index in [-0.39, 0.29) is 5.91 Å². The van der Waals surface area contributed by atoms with Crippen molar-refractivity contribution in [2.45, 2.75) is 32.7 Å². The van der Waals surface area contributed by atoms with E-state index >= 15 is 0 Å². The molecule has 1 aromatic rings. The van der Waals surface area contributed by atoms with Crippen LogP contribution in [0.15, 0.2) is 18.2 Å². The fourth-order valence-electron chi connectivity index (χ4n) is 1.84. The Balaban J connectivity index is 2.92. The van der Waals surface area contributed by atoms with E-state index in [2.05, 4.69) is 36.4 Å². The average Bonchev–Trinajstić information content (AvgIpc) is 2.33. The third kappa shape index (κ3) is 3.58. The van der Waals surface area contributed by atoms with Crippen LogP contribution in [0.2, 0.25) is 5.02 Å². The van der Waals surface area contributed by atoms with E-state index in [1.807, 2.05) is 19.2 Å². The Hall–Kier alpha value is -0.290. The fraction of sp³-hybridized carbons (Fsp3) is 0.462. The second-order valence-corrected chi connectivity index (χ2v) is 5.58. The molecular formula is C13H17ClINO. The molecule has 0 unspecified atom stereocenters. The molecule has 0 atom stereocenters. The zero-order chi connectivity index (χ0) is 13.0. The first-order valence-electron chi connectivity index (χ1n) is 5.73. The zero-order valence-corrected chi connectivity index (χ0v) is 13.2. The first-order valence-corrected chi connectivity index (χ1v) is 7.19. The molecule has 17 heavy (non-hydrogen) atoms. The molecule has 0 saturated carbocycles. The maximum atomic E-state index is 12.2. The Kier molecular flexibility index (Phi) is 5.73. The molecule has 94 valence electrons. The van der Waals surface area contributed by atoms with Crippen molar-refractivity contribution in [1.29, 1.82) is 0 Å². The van der Waals surface area contributed by atoms with Crippen LogP contribution >= 0.6 is 34.2 Å². The number of hydrogen-bond acceptors (Lipinski definition) is 1. The standard InChI is InChI=1S/C13H17ClINO/c1-4-10(5-2)16(3)13(17)9-6-7-12(15)11(14)8-9/h6-8,10H,4-5H2,1-3H3. The van der Waals surface area contributed by atoms with Crippen LogP contribution in [0.1, 0.15) is 37.0 Å². The molecule has 0 N–H and O–H groups in total. The Bertz CT molecular complexity index is 404. The number of benzene rings is 1. The summed E-state index contributed by atoms with van der Waals surface area (Å²) in [6, 6.07) is 5.73. The summed E-state index contributed by atoms with van der Waals surface area (Å²) in [7, 11) is 1.85. The van der Waals surface area contributed by atoms with Crippen molar-refractivity contribution in [2.75, 3.05) is 7.05 Å². The first kappa shape index (κ1) is 14.8. The average molecular weight is 366 g/mol. The minimum Gasteiger partial charge on any atom is -0.339 e. The number of nitrogens with zero attached hydrogens (tertiary/aromatic N) is 1. The van der Waals surface area contributed by atoms with E-state index in [9.17, 15) is 4.79 Å². The summed E-state index contributed by atoms with van der Waals surface area (Å²) in [5.41, 5.74) is 0.657. The van der Waals surface area contributed by atoms with Crippen LogP contribution < -0.4 is 0 Å². The van der Waals surface area contributed by atoms with Gasteiger partial charge in [-0.1, -0.05) is 25.4 Å². The summed E-state index contributed by atoms with van der Waals surface area (Å²) in [5, 5.41) is 0.634. The minimum atomic E-state index is 0.0389. The van der Waals surface area contributed by atoms with Crippen LogP contribution in [0.25, 0.3) is 0 Å². The second-order valence-electron chi connectivity index (χ2n) is 4.02. The van der Waals surface area contributed by atoms with Gasteiger partial charge in [0.2, 0.25) is 0 Å². The van der Waals surface area contributed by atoms with Crippen molar-refractivity contribution in [3.63, 3.8) is 0 Å². The molecule has 0 aliphatic heterocycles. The number of halogens is 2. The third-order valence-corrected chi connectivity index (χ3v) is 4.55. The van der Waals surface area contributed by atoms with Gasteiger partial charge in [-0.2, -0.15) is 0 Å². The van der Waals surface area contributed by atoms with E-state index in [0.717, 1.165) is 16.4 Å². The normalized spacial score (nSPS) is 10.7. The lowest BCUT2D eigenvalue weighted by molar-refractivity contribution is 0.0723. The molecule has 0 aliphatic carbocycles. The van der Waals surface area contributed by atoms with Crippen molar-refractivity contribution in [3.8, 4) is 0 Å². The Morgan fingerprint density at radius 2 is 2.00 bits per heavy atom. The van der Waals surface area contributed by atoms with Gasteiger partial charge in [0, 0.05) is 22.2 Å². The number of rotatable bonds is 4. The molecule has 1 rings (SSSR count). The maximum Gasteiger partial charge on any atom is 0.253 e. The first-order chi connectivity index (χ1) is 8.01. The van der Waals surface area contributed by atoms with Crippen LogP contribution in [0.3, 0.4) is 0 Å². The lowest BCUT2D eigenvalue weighted by atomic mass is 10.1. The van der Waals surface area contributed by atoms with Gasteiger partial charge in [0.25, 0.3) is 5.91 Å². The molecule has 0 saturated heterocycles. The summed E-state index contributed by atoms with van der Waals surface area (Å²) in [6.45, 7) is 4.19. The Labute approximate surface area is 121 Å². The van der Waals surface area contributed by atoms with Gasteiger partial charge >= 0.3 is 0 Å². The summed E-state index contributed by atoms with van der Waals surface area (Å²) in [6.07, 6.45) is 1.94. The minimum absolute atomic E-state index is 0.0389. The van der Waals surface area contributed by atoms with Crippen molar-refractivity contribution >= 4 is 40.1 Å². The van der Waals surface area contributed by atoms with E-state index in [1.54, 1.807) is 11.0 Å². The van der Waals surface area contributed by atoms with Crippen LogP contribution in [-0.2, 0) is 0 Å². The predicted octanol–water partition coefficient (Wildman–Crippen LogP) is 4.21. The van der Waals surface area contributed by atoms with E-state index in [1.165, 1.54) is 0 Å². The summed E-state index contributed by atoms with van der Waals surface area (Å²) in [4.78, 5) is 14.0. The highest BCUT2D eigenvalue weighted by atomic mass is 127. The molecule has 1 aromatic carbocycles. The third-order valence-electron chi connectivity index (χ3n) is 2.98. The highest BCUT2D eigenvalue weighted by Gasteiger charge is 2.18. The summed E-state index contributed by atoms with van der Waals surface area (Å²) in [5.74, 6) is 0.0389. The van der Waals surface area contributed by atoms with Crippen molar-refractivity contribution < 1.29 is 4.79 Å². The number of amides is 1. The molecule has 0 aromatic heterocycles. The highest BCUT2D eigenvalue weighted by Crippen LogP contribution is 2.21. The lowest BCUT2D eigenvalue weighted by Crippen LogP contribution is -2.36. The molecule has 0 aliphatic rings. The summed E-state index contributed by atoms with van der Waals surface area (Å²) < 4.78 is 0.964. The van der Waals surface area contributed by atoms with E-state index in [4.69, 9.17) is 11.6 Å². The Morgan fingerprint density at radius 3 is 2.47 bits per heavy atom. The zero-order valence-electron chi connectivity index (χ0n) is 10.3. The van der Waals surface area contributed by atoms with Crippen LogP contribution in [0.4, 0.5) is 0 Å². The molecule has 4 heteroatoms. The van der Waals surface area contributed by atoms with Gasteiger partial charge in [0.1, 0.15) is 0 Å². The van der Waals surface area contributed by atoms with Gasteiger partial charge in [0.05, 0.1) is 5.02 Å². The maximum absolute atomic E-state index is 12.2. The van der Waals surface area contributed by atoms with E-state index in [0.29, 0.717) is 16.6 Å². The monoisotopic (exact) mass is 365 g/mol. The number of carbonyl (C=O) groups is 1. The summed E-state index contributed by atoms with van der Waals surface area (Å²) >= 11 is 8.18. The van der Waals surface area contributed by atoms with Gasteiger partial charge in [-0.25, -0.2) is 0 Å². The fourth-order valence-corrected chi connectivity index (χ4v) is 2.35. The van der Waals surface area contributed by atoms with Crippen LogP contribution in [-0.4, -0.2) is 23.9 Å². The molecule has 0 spiro atoms. The number of carbonyl (C=O) groups excluding carboxylic acids is 1. The largest absolute Gasteiger partial charge is 0.339 e. The molecule has 0 bridgehead atoms. The van der Waals surface area contributed by atoms with Gasteiger partial charge < -0.3 is 4.90 Å². The molecule has 2 nitrogen and oxygen atoms in total. The molecule has 0 fully saturated rings. The smallest absolute Gasteiger partial charge is 0.253 e. The Morgan fingerprint density at radius 1 is 1.41 bits per heavy atom. The van der Waals surface area contributed by atoms with Gasteiger partial charge in [-0.15, -0.1) is 0 Å².